The lowest BCUT2D eigenvalue weighted by atomic mass is 10.2. The van der Waals surface area contributed by atoms with Gasteiger partial charge < -0.3 is 9.47 Å². The standard InChI is InChI=1S/C12H12O2S/c15-8-1-3-10-4-5-11-12(9-10)14-7-2-6-13-11/h4-5,9,15H,2,6-8H2. The molecule has 2 nitrogen and oxygen atoms in total. The minimum atomic E-state index is 0.564. The van der Waals surface area contributed by atoms with Gasteiger partial charge in [-0.3, -0.25) is 0 Å². The summed E-state index contributed by atoms with van der Waals surface area (Å²) in [4.78, 5) is 0. The summed E-state index contributed by atoms with van der Waals surface area (Å²) in [7, 11) is 0. The first-order chi connectivity index (χ1) is 7.40. The van der Waals surface area contributed by atoms with Crippen LogP contribution < -0.4 is 9.47 Å². The van der Waals surface area contributed by atoms with Gasteiger partial charge in [0.2, 0.25) is 0 Å². The van der Waals surface area contributed by atoms with Gasteiger partial charge in [0.05, 0.1) is 19.0 Å². The predicted molar refractivity (Wildman–Crippen MR) is 62.8 cm³/mol. The number of ether oxygens (including phenoxy) is 2. The quantitative estimate of drug-likeness (QED) is 0.533. The Morgan fingerprint density at radius 1 is 1.20 bits per heavy atom. The molecule has 2 rings (SSSR count). The van der Waals surface area contributed by atoms with Crippen molar-refractivity contribution in [2.24, 2.45) is 0 Å². The Balaban J connectivity index is 2.27. The second-order valence-electron chi connectivity index (χ2n) is 3.17. The fourth-order valence-electron chi connectivity index (χ4n) is 1.38. The molecule has 1 aliphatic heterocycles. The van der Waals surface area contributed by atoms with Crippen LogP contribution in [0.25, 0.3) is 0 Å². The summed E-state index contributed by atoms with van der Waals surface area (Å²) in [6, 6.07) is 5.75. The van der Waals surface area contributed by atoms with E-state index in [0.717, 1.165) is 23.5 Å². The van der Waals surface area contributed by atoms with Crippen molar-refractivity contribution in [3.63, 3.8) is 0 Å². The molecule has 0 amide bonds. The molecule has 3 heteroatoms. The number of rotatable bonds is 0. The van der Waals surface area contributed by atoms with Gasteiger partial charge in [-0.05, 0) is 18.2 Å². The maximum absolute atomic E-state index is 5.56. The first-order valence-electron chi connectivity index (χ1n) is 4.89. The van der Waals surface area contributed by atoms with E-state index in [-0.39, 0.29) is 0 Å². The maximum atomic E-state index is 5.56. The van der Waals surface area contributed by atoms with Crippen molar-refractivity contribution < 1.29 is 9.47 Å². The third kappa shape index (κ3) is 2.60. The lowest BCUT2D eigenvalue weighted by molar-refractivity contribution is 0.297. The van der Waals surface area contributed by atoms with Crippen LogP contribution in [-0.4, -0.2) is 19.0 Å². The average molecular weight is 220 g/mol. The second kappa shape index (κ2) is 4.99. The van der Waals surface area contributed by atoms with Crippen LogP contribution in [0.2, 0.25) is 0 Å². The molecule has 0 aromatic heterocycles. The van der Waals surface area contributed by atoms with Crippen LogP contribution in [-0.2, 0) is 0 Å². The molecule has 78 valence electrons. The molecule has 0 fully saturated rings. The molecule has 1 heterocycles. The molecule has 1 aromatic carbocycles. The minimum absolute atomic E-state index is 0.564. The van der Waals surface area contributed by atoms with E-state index in [2.05, 4.69) is 24.5 Å². The Kier molecular flexibility index (Phi) is 3.41. The number of benzene rings is 1. The highest BCUT2D eigenvalue weighted by molar-refractivity contribution is 7.80. The number of hydrogen-bond donors (Lipinski definition) is 1. The zero-order chi connectivity index (χ0) is 10.5. The van der Waals surface area contributed by atoms with Gasteiger partial charge in [0, 0.05) is 12.0 Å². The molecule has 0 aliphatic carbocycles. The van der Waals surface area contributed by atoms with Crippen molar-refractivity contribution >= 4 is 12.6 Å². The monoisotopic (exact) mass is 220 g/mol. The highest BCUT2D eigenvalue weighted by Crippen LogP contribution is 2.29. The highest BCUT2D eigenvalue weighted by atomic mass is 32.1. The van der Waals surface area contributed by atoms with Crippen molar-refractivity contribution in [2.45, 2.75) is 6.42 Å². The van der Waals surface area contributed by atoms with Gasteiger partial charge in [-0.1, -0.05) is 11.8 Å². The number of hydrogen-bond acceptors (Lipinski definition) is 3. The lowest BCUT2D eigenvalue weighted by Crippen LogP contribution is -1.97. The van der Waals surface area contributed by atoms with E-state index < -0.39 is 0 Å². The Morgan fingerprint density at radius 2 is 2.00 bits per heavy atom. The predicted octanol–water partition coefficient (Wildman–Crippen LogP) is 2.13. The summed E-state index contributed by atoms with van der Waals surface area (Å²) >= 11 is 4.04. The van der Waals surface area contributed by atoms with E-state index in [1.165, 1.54) is 0 Å². The zero-order valence-electron chi connectivity index (χ0n) is 8.32. The van der Waals surface area contributed by atoms with Gasteiger partial charge in [-0.25, -0.2) is 0 Å². The number of fused-ring (bicyclic) bond motifs is 1. The summed E-state index contributed by atoms with van der Waals surface area (Å²) < 4.78 is 11.1. The van der Waals surface area contributed by atoms with E-state index in [1.807, 2.05) is 18.2 Å². The van der Waals surface area contributed by atoms with Gasteiger partial charge in [0.25, 0.3) is 0 Å². The summed E-state index contributed by atoms with van der Waals surface area (Å²) in [5.74, 6) is 8.07. The zero-order valence-corrected chi connectivity index (χ0v) is 9.22. The maximum Gasteiger partial charge on any atom is 0.162 e. The Bertz CT molecular complexity index is 404. The van der Waals surface area contributed by atoms with Crippen LogP contribution >= 0.6 is 12.6 Å². The molecule has 0 N–H and O–H groups in total. The van der Waals surface area contributed by atoms with Crippen LogP contribution in [0.1, 0.15) is 12.0 Å². The number of thiol groups is 1. The second-order valence-corrected chi connectivity index (χ2v) is 3.49. The van der Waals surface area contributed by atoms with Crippen molar-refractivity contribution in [1.82, 2.24) is 0 Å². The van der Waals surface area contributed by atoms with Gasteiger partial charge >= 0.3 is 0 Å². The SMILES string of the molecule is SCC#Cc1ccc2c(c1)OCCCO2. The van der Waals surface area contributed by atoms with E-state index >= 15 is 0 Å². The summed E-state index contributed by atoms with van der Waals surface area (Å²) in [6.07, 6.45) is 0.923. The molecule has 0 radical (unpaired) electrons. The van der Waals surface area contributed by atoms with Gasteiger partial charge in [0.1, 0.15) is 0 Å². The molecule has 0 saturated carbocycles. The molecular weight excluding hydrogens is 208 g/mol. The fourth-order valence-corrected chi connectivity index (χ4v) is 1.46. The van der Waals surface area contributed by atoms with Crippen LogP contribution in [0.5, 0.6) is 11.5 Å². The van der Waals surface area contributed by atoms with Crippen molar-refractivity contribution in [2.75, 3.05) is 19.0 Å². The van der Waals surface area contributed by atoms with E-state index in [9.17, 15) is 0 Å². The largest absolute Gasteiger partial charge is 0.490 e. The summed E-state index contributed by atoms with van der Waals surface area (Å²) in [5, 5.41) is 0. The Labute approximate surface area is 95.0 Å². The van der Waals surface area contributed by atoms with Crippen LogP contribution in [0.4, 0.5) is 0 Å². The molecule has 0 saturated heterocycles. The first-order valence-corrected chi connectivity index (χ1v) is 5.53. The summed E-state index contributed by atoms with van der Waals surface area (Å²) in [6.45, 7) is 1.42. The lowest BCUT2D eigenvalue weighted by Gasteiger charge is -2.06. The van der Waals surface area contributed by atoms with Gasteiger partial charge in [-0.15, -0.1) is 0 Å². The van der Waals surface area contributed by atoms with Crippen LogP contribution in [0.3, 0.4) is 0 Å². The third-order valence-corrected chi connectivity index (χ3v) is 2.22. The smallest absolute Gasteiger partial charge is 0.162 e. The van der Waals surface area contributed by atoms with Crippen LogP contribution in [0, 0.1) is 11.8 Å². The van der Waals surface area contributed by atoms with Crippen molar-refractivity contribution in [1.29, 1.82) is 0 Å². The van der Waals surface area contributed by atoms with E-state index in [4.69, 9.17) is 9.47 Å². The van der Waals surface area contributed by atoms with E-state index in [1.54, 1.807) is 0 Å². The highest BCUT2D eigenvalue weighted by Gasteiger charge is 2.09. The average Bonchev–Trinajstić information content (AvgIpc) is 2.50. The molecule has 1 aliphatic rings. The normalized spacial score (nSPS) is 13.7. The Hall–Kier alpha value is -1.27. The molecule has 0 spiro atoms. The van der Waals surface area contributed by atoms with Crippen LogP contribution in [0.15, 0.2) is 18.2 Å². The fraction of sp³-hybridized carbons (Fsp3) is 0.333. The molecule has 0 unspecified atom stereocenters. The summed E-state index contributed by atoms with van der Waals surface area (Å²) in [5.41, 5.74) is 0.938. The Morgan fingerprint density at radius 3 is 2.80 bits per heavy atom. The third-order valence-electron chi connectivity index (χ3n) is 2.06. The molecule has 15 heavy (non-hydrogen) atoms. The molecule has 0 atom stereocenters. The van der Waals surface area contributed by atoms with Crippen molar-refractivity contribution in [3.05, 3.63) is 23.8 Å². The van der Waals surface area contributed by atoms with Gasteiger partial charge in [0.15, 0.2) is 11.5 Å². The topological polar surface area (TPSA) is 18.5 Å². The molecule has 0 bridgehead atoms. The van der Waals surface area contributed by atoms with Crippen molar-refractivity contribution in [3.8, 4) is 23.3 Å². The molecule has 1 aromatic rings. The molecular formula is C12H12O2S. The first kappa shape index (κ1) is 10.3. The van der Waals surface area contributed by atoms with Gasteiger partial charge in [-0.2, -0.15) is 12.6 Å². The minimum Gasteiger partial charge on any atom is -0.490 e. The van der Waals surface area contributed by atoms with E-state index in [0.29, 0.717) is 19.0 Å².